The average Bonchev–Trinajstić information content (AvgIpc) is 3.03. The smallest absolute Gasteiger partial charge is 0.257 e. The Balaban J connectivity index is 1.82. The number of benzene rings is 2. The summed E-state index contributed by atoms with van der Waals surface area (Å²) in [6, 6.07) is 10.8. The van der Waals surface area contributed by atoms with E-state index in [0.29, 0.717) is 16.8 Å². The second-order valence-corrected chi connectivity index (χ2v) is 6.14. The lowest BCUT2D eigenvalue weighted by atomic mass is 10.1. The topological polar surface area (TPSA) is 47.4 Å². The molecule has 1 aromatic heterocycles. The molecule has 2 aromatic carbocycles. The van der Waals surface area contributed by atoms with Crippen LogP contribution >= 0.6 is 0 Å². The Morgan fingerprint density at radius 2 is 1.93 bits per heavy atom. The first-order valence-electron chi connectivity index (χ1n) is 8.29. The van der Waals surface area contributed by atoms with Gasteiger partial charge < -0.3 is 9.64 Å². The molecule has 0 saturated carbocycles. The molecule has 1 amide bonds. The summed E-state index contributed by atoms with van der Waals surface area (Å²) in [6.07, 6.45) is 1.41. The van der Waals surface area contributed by atoms with Crippen molar-refractivity contribution in [2.75, 3.05) is 14.2 Å². The summed E-state index contributed by atoms with van der Waals surface area (Å²) in [4.78, 5) is 14.2. The minimum Gasteiger partial charge on any atom is -0.494 e. The van der Waals surface area contributed by atoms with Crippen LogP contribution in [0.25, 0.3) is 5.69 Å². The van der Waals surface area contributed by atoms with Crippen molar-refractivity contribution in [2.24, 2.45) is 0 Å². The Hall–Kier alpha value is -3.22. The molecule has 0 aliphatic rings. The van der Waals surface area contributed by atoms with Gasteiger partial charge >= 0.3 is 0 Å². The van der Waals surface area contributed by atoms with E-state index < -0.39 is 11.6 Å². The maximum absolute atomic E-state index is 14.0. The zero-order valence-corrected chi connectivity index (χ0v) is 15.2. The number of rotatable bonds is 5. The average molecular weight is 371 g/mol. The molecule has 0 saturated heterocycles. The van der Waals surface area contributed by atoms with E-state index >= 15 is 0 Å². The monoisotopic (exact) mass is 371 g/mol. The first-order chi connectivity index (χ1) is 12.9. The summed E-state index contributed by atoms with van der Waals surface area (Å²) >= 11 is 0. The van der Waals surface area contributed by atoms with Crippen molar-refractivity contribution in [3.8, 4) is 11.4 Å². The van der Waals surface area contributed by atoms with Crippen LogP contribution < -0.4 is 4.74 Å². The molecule has 0 N–H and O–H groups in total. The fourth-order valence-corrected chi connectivity index (χ4v) is 2.85. The van der Waals surface area contributed by atoms with E-state index in [2.05, 4.69) is 5.10 Å². The minimum absolute atomic E-state index is 0.148. The van der Waals surface area contributed by atoms with Crippen LogP contribution in [0.3, 0.4) is 0 Å². The van der Waals surface area contributed by atoms with Crippen LogP contribution in [0.5, 0.6) is 5.75 Å². The maximum Gasteiger partial charge on any atom is 0.257 e. The van der Waals surface area contributed by atoms with Crippen molar-refractivity contribution in [3.63, 3.8) is 0 Å². The summed E-state index contributed by atoms with van der Waals surface area (Å²) in [6.45, 7) is 1.91. The summed E-state index contributed by atoms with van der Waals surface area (Å²) < 4.78 is 34.1. The molecule has 27 heavy (non-hydrogen) atoms. The molecule has 5 nitrogen and oxygen atoms in total. The Morgan fingerprint density at radius 1 is 1.19 bits per heavy atom. The Morgan fingerprint density at radius 3 is 2.59 bits per heavy atom. The molecule has 0 radical (unpaired) electrons. The number of halogens is 2. The van der Waals surface area contributed by atoms with Crippen LogP contribution in [0.4, 0.5) is 8.78 Å². The number of ether oxygens (including phenoxy) is 1. The number of hydrogen-bond donors (Lipinski definition) is 0. The zero-order valence-electron chi connectivity index (χ0n) is 15.2. The fraction of sp³-hybridized carbons (Fsp3) is 0.200. The van der Waals surface area contributed by atoms with Crippen molar-refractivity contribution in [1.82, 2.24) is 14.7 Å². The maximum atomic E-state index is 14.0. The molecule has 0 unspecified atom stereocenters. The van der Waals surface area contributed by atoms with Gasteiger partial charge in [-0.2, -0.15) is 5.10 Å². The van der Waals surface area contributed by atoms with Gasteiger partial charge in [-0.3, -0.25) is 4.79 Å². The molecule has 0 spiro atoms. The SMILES string of the molecule is COc1ccc(CN(C)C(=O)c2cnn(-c3ccccc3F)c2C)cc1F. The van der Waals surface area contributed by atoms with Crippen molar-refractivity contribution >= 4 is 5.91 Å². The Labute approximate surface area is 155 Å². The molecular weight excluding hydrogens is 352 g/mol. The Bertz CT molecular complexity index is 985. The second kappa shape index (κ2) is 7.57. The number of methoxy groups -OCH3 is 1. The molecule has 0 atom stereocenters. The van der Waals surface area contributed by atoms with E-state index in [1.54, 1.807) is 38.2 Å². The second-order valence-electron chi connectivity index (χ2n) is 6.14. The number of nitrogens with zero attached hydrogens (tertiary/aromatic N) is 3. The lowest BCUT2D eigenvalue weighted by Gasteiger charge is -2.17. The van der Waals surface area contributed by atoms with E-state index in [-0.39, 0.29) is 23.9 Å². The predicted octanol–water partition coefficient (Wildman–Crippen LogP) is 3.74. The third-order valence-electron chi connectivity index (χ3n) is 4.30. The molecule has 0 aliphatic heterocycles. The number of hydrogen-bond acceptors (Lipinski definition) is 3. The van der Waals surface area contributed by atoms with Crippen LogP contribution in [0.1, 0.15) is 21.6 Å². The van der Waals surface area contributed by atoms with Gasteiger partial charge in [-0.25, -0.2) is 13.5 Å². The molecule has 3 aromatic rings. The minimum atomic E-state index is -0.487. The van der Waals surface area contributed by atoms with Gasteiger partial charge in [0.25, 0.3) is 5.91 Å². The highest BCUT2D eigenvalue weighted by Crippen LogP contribution is 2.21. The Kier molecular flexibility index (Phi) is 5.21. The number of carbonyl (C=O) groups is 1. The summed E-state index contributed by atoms with van der Waals surface area (Å²) in [7, 11) is 3.01. The molecule has 0 fully saturated rings. The number of aromatic nitrogens is 2. The zero-order chi connectivity index (χ0) is 19.6. The third kappa shape index (κ3) is 3.67. The van der Waals surface area contributed by atoms with Gasteiger partial charge in [-0.05, 0) is 36.8 Å². The fourth-order valence-electron chi connectivity index (χ4n) is 2.85. The van der Waals surface area contributed by atoms with Crippen molar-refractivity contribution in [1.29, 1.82) is 0 Å². The predicted molar refractivity (Wildman–Crippen MR) is 97.0 cm³/mol. The summed E-state index contributed by atoms with van der Waals surface area (Å²) in [5.74, 6) is -1.05. The van der Waals surface area contributed by atoms with Crippen LogP contribution in [0.15, 0.2) is 48.7 Å². The van der Waals surface area contributed by atoms with Gasteiger partial charge in [-0.1, -0.05) is 18.2 Å². The summed E-state index contributed by atoms with van der Waals surface area (Å²) in [5, 5.41) is 4.15. The van der Waals surface area contributed by atoms with Gasteiger partial charge in [0.05, 0.1) is 24.6 Å². The summed E-state index contributed by atoms with van der Waals surface area (Å²) in [5.41, 5.74) is 1.78. The lowest BCUT2D eigenvalue weighted by Crippen LogP contribution is -2.26. The van der Waals surface area contributed by atoms with Crippen molar-refractivity contribution in [2.45, 2.75) is 13.5 Å². The lowest BCUT2D eigenvalue weighted by molar-refractivity contribution is 0.0784. The standard InChI is InChI=1S/C20H19F2N3O2/c1-13-15(11-23-25(13)18-7-5-4-6-16(18)21)20(26)24(2)12-14-8-9-19(27-3)17(22)10-14/h4-11H,12H2,1-3H3. The molecule has 7 heteroatoms. The van der Waals surface area contributed by atoms with Gasteiger partial charge in [0, 0.05) is 13.6 Å². The van der Waals surface area contributed by atoms with Gasteiger partial charge in [0.2, 0.25) is 0 Å². The van der Waals surface area contributed by atoms with Crippen LogP contribution in [0, 0.1) is 18.6 Å². The third-order valence-corrected chi connectivity index (χ3v) is 4.30. The normalized spacial score (nSPS) is 10.7. The molecule has 1 heterocycles. The van der Waals surface area contributed by atoms with E-state index in [1.807, 2.05) is 0 Å². The first-order valence-corrected chi connectivity index (χ1v) is 8.29. The van der Waals surface area contributed by atoms with E-state index in [1.165, 1.54) is 41.1 Å². The number of carbonyl (C=O) groups excluding carboxylic acids is 1. The quantitative estimate of drug-likeness (QED) is 0.686. The van der Waals surface area contributed by atoms with E-state index in [0.717, 1.165) is 0 Å². The molecule has 140 valence electrons. The highest BCUT2D eigenvalue weighted by atomic mass is 19.1. The molecule has 3 rings (SSSR count). The van der Waals surface area contributed by atoms with E-state index in [9.17, 15) is 13.6 Å². The van der Waals surface area contributed by atoms with Gasteiger partial charge in [-0.15, -0.1) is 0 Å². The highest BCUT2D eigenvalue weighted by molar-refractivity contribution is 5.95. The number of para-hydroxylation sites is 1. The highest BCUT2D eigenvalue weighted by Gasteiger charge is 2.20. The van der Waals surface area contributed by atoms with Crippen LogP contribution in [-0.4, -0.2) is 34.7 Å². The van der Waals surface area contributed by atoms with Crippen LogP contribution in [0.2, 0.25) is 0 Å². The van der Waals surface area contributed by atoms with E-state index in [4.69, 9.17) is 4.74 Å². The largest absolute Gasteiger partial charge is 0.494 e. The van der Waals surface area contributed by atoms with Crippen molar-refractivity contribution < 1.29 is 18.3 Å². The molecule has 0 bridgehead atoms. The molecule has 0 aliphatic carbocycles. The van der Waals surface area contributed by atoms with Gasteiger partial charge in [0.1, 0.15) is 11.5 Å². The van der Waals surface area contributed by atoms with Crippen molar-refractivity contribution in [3.05, 3.63) is 77.1 Å². The van der Waals surface area contributed by atoms with Crippen LogP contribution in [-0.2, 0) is 6.54 Å². The molecular formula is C20H19F2N3O2. The first kappa shape index (κ1) is 18.6. The number of amides is 1. The van der Waals surface area contributed by atoms with Gasteiger partial charge in [0.15, 0.2) is 11.6 Å².